The summed E-state index contributed by atoms with van der Waals surface area (Å²) in [6, 6.07) is 6.47. The molecule has 25 heavy (non-hydrogen) atoms. The molecule has 0 atom stereocenters. The van der Waals surface area contributed by atoms with Gasteiger partial charge in [-0.3, -0.25) is 0 Å². The average molecular weight is 367 g/mol. The Morgan fingerprint density at radius 1 is 0.880 bits per heavy atom. The Morgan fingerprint density at radius 2 is 1.56 bits per heavy atom. The Morgan fingerprint density at radius 3 is 2.28 bits per heavy atom. The van der Waals surface area contributed by atoms with Crippen molar-refractivity contribution in [1.82, 2.24) is 4.98 Å². The van der Waals surface area contributed by atoms with E-state index in [-0.39, 0.29) is 12.4 Å². The van der Waals surface area contributed by atoms with Crippen molar-refractivity contribution in [1.29, 1.82) is 0 Å². The van der Waals surface area contributed by atoms with Crippen molar-refractivity contribution >= 4 is 23.5 Å². The lowest BCUT2D eigenvalue weighted by Gasteiger charge is -2.02. The van der Waals surface area contributed by atoms with Crippen molar-refractivity contribution in [3.05, 3.63) is 29.7 Å². The monoisotopic (exact) mass is 366 g/mol. The lowest BCUT2D eigenvalue weighted by molar-refractivity contribution is 0.515. The van der Waals surface area contributed by atoms with Gasteiger partial charge in [0.25, 0.3) is 0 Å². The molecule has 0 bridgehead atoms. The molecule has 1 heterocycles. The van der Waals surface area contributed by atoms with Gasteiger partial charge in [-0.25, -0.2) is 4.98 Å². The maximum atomic E-state index is 5.81. The summed E-state index contributed by atoms with van der Waals surface area (Å²) in [5, 5.41) is 0. The smallest absolute Gasteiger partial charge is 0.195 e. The van der Waals surface area contributed by atoms with Crippen molar-refractivity contribution in [3.63, 3.8) is 0 Å². The third-order valence-electron chi connectivity index (χ3n) is 4.66. The van der Waals surface area contributed by atoms with Crippen LogP contribution in [0.3, 0.4) is 0 Å². The highest BCUT2D eigenvalue weighted by molar-refractivity contribution is 5.85. The summed E-state index contributed by atoms with van der Waals surface area (Å²) >= 11 is 0. The van der Waals surface area contributed by atoms with E-state index in [1.807, 2.05) is 0 Å². The molecule has 0 saturated carbocycles. The second kappa shape index (κ2) is 13.2. The quantitative estimate of drug-likeness (QED) is 0.428. The maximum Gasteiger partial charge on any atom is 0.195 e. The molecule has 0 spiro atoms. The summed E-state index contributed by atoms with van der Waals surface area (Å²) in [6.45, 7) is 3.01. The van der Waals surface area contributed by atoms with E-state index in [0.29, 0.717) is 0 Å². The van der Waals surface area contributed by atoms with E-state index in [2.05, 4.69) is 30.1 Å². The summed E-state index contributed by atoms with van der Waals surface area (Å²) in [5.41, 5.74) is 8.84. The lowest BCUT2D eigenvalue weighted by Crippen LogP contribution is -1.98. The van der Waals surface area contributed by atoms with Crippen molar-refractivity contribution in [2.45, 2.75) is 84.0 Å². The average Bonchev–Trinajstić information content (AvgIpc) is 2.99. The number of halogens is 1. The Balaban J connectivity index is 0.00000312. The van der Waals surface area contributed by atoms with Crippen LogP contribution in [0.2, 0.25) is 0 Å². The summed E-state index contributed by atoms with van der Waals surface area (Å²) in [6.07, 6.45) is 15.1. The van der Waals surface area contributed by atoms with Crippen molar-refractivity contribution in [2.24, 2.45) is 5.73 Å². The maximum absolute atomic E-state index is 5.81. The highest BCUT2D eigenvalue weighted by atomic mass is 35.5. The number of aromatic nitrogens is 1. The van der Waals surface area contributed by atoms with E-state index >= 15 is 0 Å². The molecule has 0 unspecified atom stereocenters. The first-order valence-corrected chi connectivity index (χ1v) is 9.92. The summed E-state index contributed by atoms with van der Waals surface area (Å²) < 4.78 is 5.81. The highest BCUT2D eigenvalue weighted by Gasteiger charge is 2.06. The number of oxazole rings is 1. The fourth-order valence-electron chi connectivity index (χ4n) is 3.17. The van der Waals surface area contributed by atoms with Crippen LogP contribution in [0.4, 0.5) is 0 Å². The minimum atomic E-state index is 0. The molecular formula is C21H35ClN2O. The van der Waals surface area contributed by atoms with Gasteiger partial charge >= 0.3 is 0 Å². The van der Waals surface area contributed by atoms with Gasteiger partial charge in [0.15, 0.2) is 11.5 Å². The molecular weight excluding hydrogens is 332 g/mol. The molecule has 0 radical (unpaired) electrons. The van der Waals surface area contributed by atoms with Crippen LogP contribution in [0.25, 0.3) is 11.1 Å². The number of nitrogens with two attached hydrogens (primary N) is 1. The normalized spacial score (nSPS) is 11.0. The number of aryl methyl sites for hydroxylation is 2. The van der Waals surface area contributed by atoms with Gasteiger partial charge in [0.2, 0.25) is 0 Å². The third-order valence-corrected chi connectivity index (χ3v) is 4.66. The number of hydrogen-bond donors (Lipinski definition) is 1. The van der Waals surface area contributed by atoms with E-state index in [1.165, 1.54) is 56.9 Å². The Bertz CT molecular complexity index is 582. The number of benzene rings is 1. The zero-order valence-corrected chi connectivity index (χ0v) is 16.6. The van der Waals surface area contributed by atoms with Crippen LogP contribution in [-0.2, 0) is 12.8 Å². The van der Waals surface area contributed by atoms with Crippen LogP contribution in [0.15, 0.2) is 22.6 Å². The fraction of sp³-hybridized carbons (Fsp3) is 0.667. The van der Waals surface area contributed by atoms with Crippen molar-refractivity contribution in [2.75, 3.05) is 6.54 Å². The molecule has 2 rings (SSSR count). The molecule has 4 heteroatoms. The van der Waals surface area contributed by atoms with E-state index in [9.17, 15) is 0 Å². The SMILES string of the molecule is CCCCCCCCCCc1ccc2oc(CCCCN)nc2c1.Cl. The summed E-state index contributed by atoms with van der Waals surface area (Å²) in [7, 11) is 0. The molecule has 0 aliphatic heterocycles. The number of fused-ring (bicyclic) bond motifs is 1. The predicted molar refractivity (Wildman–Crippen MR) is 110 cm³/mol. The van der Waals surface area contributed by atoms with E-state index in [4.69, 9.17) is 10.2 Å². The summed E-state index contributed by atoms with van der Waals surface area (Å²) in [4.78, 5) is 4.62. The molecule has 0 fully saturated rings. The van der Waals surface area contributed by atoms with E-state index in [1.54, 1.807) is 0 Å². The van der Waals surface area contributed by atoms with Crippen molar-refractivity contribution in [3.8, 4) is 0 Å². The van der Waals surface area contributed by atoms with Gasteiger partial charge in [-0.15, -0.1) is 12.4 Å². The number of hydrogen-bond acceptors (Lipinski definition) is 3. The summed E-state index contributed by atoms with van der Waals surface area (Å²) in [5.74, 6) is 0.850. The lowest BCUT2D eigenvalue weighted by atomic mass is 10.0. The van der Waals surface area contributed by atoms with Crippen molar-refractivity contribution < 1.29 is 4.42 Å². The molecule has 3 nitrogen and oxygen atoms in total. The minimum absolute atomic E-state index is 0. The van der Waals surface area contributed by atoms with Gasteiger partial charge in [0.05, 0.1) is 0 Å². The zero-order valence-electron chi connectivity index (χ0n) is 15.8. The number of unbranched alkanes of at least 4 members (excludes halogenated alkanes) is 8. The first kappa shape index (κ1) is 22.0. The Kier molecular flexibility index (Phi) is 11.6. The fourth-order valence-corrected chi connectivity index (χ4v) is 3.17. The third kappa shape index (κ3) is 8.24. The molecule has 142 valence electrons. The van der Waals surface area contributed by atoms with Gasteiger partial charge in [-0.2, -0.15) is 0 Å². The van der Waals surface area contributed by atoms with Crippen LogP contribution < -0.4 is 5.73 Å². The van der Waals surface area contributed by atoms with Gasteiger partial charge < -0.3 is 10.2 Å². The second-order valence-electron chi connectivity index (χ2n) is 6.88. The molecule has 0 amide bonds. The minimum Gasteiger partial charge on any atom is -0.441 e. The van der Waals surface area contributed by atoms with Crippen LogP contribution in [0.1, 0.15) is 82.6 Å². The van der Waals surface area contributed by atoms with E-state index < -0.39 is 0 Å². The molecule has 1 aromatic heterocycles. The number of nitrogens with zero attached hydrogens (tertiary/aromatic N) is 1. The largest absolute Gasteiger partial charge is 0.441 e. The topological polar surface area (TPSA) is 52.0 Å². The first-order valence-electron chi connectivity index (χ1n) is 9.92. The Labute approximate surface area is 159 Å². The van der Waals surface area contributed by atoms with Gasteiger partial charge in [-0.05, 0) is 49.9 Å². The standard InChI is InChI=1S/C21H34N2O.ClH/c1-2-3-4-5-6-7-8-9-12-18-14-15-20-19(17-18)23-21(24-20)13-10-11-16-22;/h14-15,17H,2-13,16,22H2,1H3;1H. The first-order chi connectivity index (χ1) is 11.8. The predicted octanol–water partition coefficient (Wildman–Crippen LogP) is 6.21. The van der Waals surface area contributed by atoms with Crippen LogP contribution >= 0.6 is 12.4 Å². The van der Waals surface area contributed by atoms with Gasteiger partial charge in [-0.1, -0.05) is 57.9 Å². The Hall–Kier alpha value is -1.06. The van der Waals surface area contributed by atoms with Gasteiger partial charge in [0.1, 0.15) is 5.52 Å². The van der Waals surface area contributed by atoms with Crippen LogP contribution in [-0.4, -0.2) is 11.5 Å². The molecule has 2 N–H and O–H groups in total. The molecule has 0 aliphatic rings. The zero-order chi connectivity index (χ0) is 17.0. The van der Waals surface area contributed by atoms with Crippen LogP contribution in [0, 0.1) is 0 Å². The highest BCUT2D eigenvalue weighted by Crippen LogP contribution is 2.20. The molecule has 2 aromatic rings. The second-order valence-corrected chi connectivity index (χ2v) is 6.88. The van der Waals surface area contributed by atoms with Crippen LogP contribution in [0.5, 0.6) is 0 Å². The van der Waals surface area contributed by atoms with E-state index in [0.717, 1.165) is 49.2 Å². The molecule has 0 saturated heterocycles. The number of rotatable bonds is 13. The molecule has 1 aromatic carbocycles. The molecule has 0 aliphatic carbocycles. The van der Waals surface area contributed by atoms with Gasteiger partial charge in [0, 0.05) is 6.42 Å².